The molecule has 1 unspecified atom stereocenters. The summed E-state index contributed by atoms with van der Waals surface area (Å²) >= 11 is 0. The normalized spacial score (nSPS) is 21.1. The SMILES string of the molecule is Cn1ccnc1N1CCCC(CC(=O)O)C1. The predicted octanol–water partition coefficient (Wildman–Crippen LogP) is 1.11. The molecule has 1 aliphatic heterocycles. The Morgan fingerprint density at radius 2 is 2.50 bits per heavy atom. The van der Waals surface area contributed by atoms with Gasteiger partial charge in [0, 0.05) is 39.0 Å². The van der Waals surface area contributed by atoms with Gasteiger partial charge in [-0.15, -0.1) is 0 Å². The van der Waals surface area contributed by atoms with Gasteiger partial charge in [-0.2, -0.15) is 0 Å². The van der Waals surface area contributed by atoms with Crippen LogP contribution < -0.4 is 4.90 Å². The van der Waals surface area contributed by atoms with E-state index >= 15 is 0 Å². The topological polar surface area (TPSA) is 58.4 Å². The first-order chi connectivity index (χ1) is 7.66. The number of hydrogen-bond donors (Lipinski definition) is 1. The third kappa shape index (κ3) is 2.35. The van der Waals surface area contributed by atoms with E-state index < -0.39 is 5.97 Å². The van der Waals surface area contributed by atoms with E-state index in [1.54, 1.807) is 6.20 Å². The van der Waals surface area contributed by atoms with Crippen LogP contribution in [-0.2, 0) is 11.8 Å². The molecule has 0 spiro atoms. The molecular weight excluding hydrogens is 206 g/mol. The summed E-state index contributed by atoms with van der Waals surface area (Å²) in [6.07, 6.45) is 6.01. The van der Waals surface area contributed by atoms with Gasteiger partial charge in [0.2, 0.25) is 5.95 Å². The quantitative estimate of drug-likeness (QED) is 0.834. The van der Waals surface area contributed by atoms with Gasteiger partial charge < -0.3 is 14.6 Å². The highest BCUT2D eigenvalue weighted by atomic mass is 16.4. The number of rotatable bonds is 3. The maximum atomic E-state index is 10.7. The van der Waals surface area contributed by atoms with Gasteiger partial charge in [-0.25, -0.2) is 4.98 Å². The highest BCUT2D eigenvalue weighted by Gasteiger charge is 2.23. The second-order valence-corrected chi connectivity index (χ2v) is 4.39. The highest BCUT2D eigenvalue weighted by Crippen LogP contribution is 2.23. The van der Waals surface area contributed by atoms with Crippen molar-refractivity contribution >= 4 is 11.9 Å². The number of anilines is 1. The van der Waals surface area contributed by atoms with Crippen LogP contribution in [0.5, 0.6) is 0 Å². The highest BCUT2D eigenvalue weighted by molar-refractivity contribution is 5.67. The van der Waals surface area contributed by atoms with Gasteiger partial charge in [-0.3, -0.25) is 4.79 Å². The van der Waals surface area contributed by atoms with E-state index in [2.05, 4.69) is 9.88 Å². The minimum atomic E-state index is -0.702. The number of imidazole rings is 1. The van der Waals surface area contributed by atoms with Crippen molar-refractivity contribution in [2.75, 3.05) is 18.0 Å². The minimum absolute atomic E-state index is 0.253. The number of piperidine rings is 1. The number of aryl methyl sites for hydroxylation is 1. The van der Waals surface area contributed by atoms with E-state index in [0.29, 0.717) is 0 Å². The molecular formula is C11H17N3O2. The van der Waals surface area contributed by atoms with Crippen molar-refractivity contribution in [2.45, 2.75) is 19.3 Å². The minimum Gasteiger partial charge on any atom is -0.481 e. The van der Waals surface area contributed by atoms with E-state index in [9.17, 15) is 4.79 Å². The number of hydrogen-bond acceptors (Lipinski definition) is 3. The first-order valence-corrected chi connectivity index (χ1v) is 5.61. The summed E-state index contributed by atoms with van der Waals surface area (Å²) in [5.41, 5.74) is 0. The average molecular weight is 223 g/mol. The maximum absolute atomic E-state index is 10.7. The van der Waals surface area contributed by atoms with Crippen LogP contribution in [0.1, 0.15) is 19.3 Å². The molecule has 0 bridgehead atoms. The molecule has 1 fully saturated rings. The Bertz CT molecular complexity index is 375. The van der Waals surface area contributed by atoms with Crippen molar-refractivity contribution in [3.05, 3.63) is 12.4 Å². The van der Waals surface area contributed by atoms with E-state index in [0.717, 1.165) is 31.9 Å². The molecule has 5 heteroatoms. The molecule has 2 rings (SSSR count). The molecule has 1 aromatic rings. The van der Waals surface area contributed by atoms with Crippen molar-refractivity contribution in [2.24, 2.45) is 13.0 Å². The van der Waals surface area contributed by atoms with Crippen molar-refractivity contribution in [3.8, 4) is 0 Å². The van der Waals surface area contributed by atoms with Crippen molar-refractivity contribution in [3.63, 3.8) is 0 Å². The zero-order valence-corrected chi connectivity index (χ0v) is 9.46. The first-order valence-electron chi connectivity index (χ1n) is 5.61. The second-order valence-electron chi connectivity index (χ2n) is 4.39. The molecule has 0 aromatic carbocycles. The Balaban J connectivity index is 2.02. The predicted molar refractivity (Wildman–Crippen MR) is 60.4 cm³/mol. The van der Waals surface area contributed by atoms with Crippen LogP contribution in [0.4, 0.5) is 5.95 Å². The van der Waals surface area contributed by atoms with Crippen molar-refractivity contribution in [1.82, 2.24) is 9.55 Å². The van der Waals surface area contributed by atoms with Crippen LogP contribution in [0.15, 0.2) is 12.4 Å². The number of carboxylic acids is 1. The van der Waals surface area contributed by atoms with Crippen LogP contribution in [0.25, 0.3) is 0 Å². The fourth-order valence-corrected chi connectivity index (χ4v) is 2.32. The molecule has 1 saturated heterocycles. The molecule has 1 atom stereocenters. The summed E-state index contributed by atoms with van der Waals surface area (Å²) in [6.45, 7) is 1.78. The molecule has 2 heterocycles. The van der Waals surface area contributed by atoms with Gasteiger partial charge in [0.25, 0.3) is 0 Å². The third-order valence-corrected chi connectivity index (χ3v) is 3.06. The number of aromatic nitrogens is 2. The Morgan fingerprint density at radius 3 is 3.12 bits per heavy atom. The van der Waals surface area contributed by atoms with Gasteiger partial charge in [0.05, 0.1) is 0 Å². The summed E-state index contributed by atoms with van der Waals surface area (Å²) in [7, 11) is 1.96. The molecule has 0 saturated carbocycles. The van der Waals surface area contributed by atoms with Gasteiger partial charge in [-0.1, -0.05) is 0 Å². The maximum Gasteiger partial charge on any atom is 0.303 e. The Labute approximate surface area is 94.7 Å². The lowest BCUT2D eigenvalue weighted by molar-refractivity contribution is -0.138. The molecule has 1 aromatic heterocycles. The van der Waals surface area contributed by atoms with Crippen LogP contribution >= 0.6 is 0 Å². The Hall–Kier alpha value is -1.52. The van der Waals surface area contributed by atoms with E-state index in [1.807, 2.05) is 17.8 Å². The van der Waals surface area contributed by atoms with Crippen LogP contribution in [0, 0.1) is 5.92 Å². The molecule has 1 N–H and O–H groups in total. The van der Waals surface area contributed by atoms with Gasteiger partial charge in [0.15, 0.2) is 0 Å². The van der Waals surface area contributed by atoms with Gasteiger partial charge in [-0.05, 0) is 18.8 Å². The lowest BCUT2D eigenvalue weighted by Crippen LogP contribution is -2.37. The number of carbonyl (C=O) groups is 1. The van der Waals surface area contributed by atoms with E-state index in [-0.39, 0.29) is 12.3 Å². The summed E-state index contributed by atoms with van der Waals surface area (Å²) in [5.74, 6) is 0.490. The Kier molecular flexibility index (Phi) is 3.12. The zero-order chi connectivity index (χ0) is 11.5. The zero-order valence-electron chi connectivity index (χ0n) is 9.46. The van der Waals surface area contributed by atoms with E-state index in [1.165, 1.54) is 0 Å². The first kappa shape index (κ1) is 11.0. The number of aliphatic carboxylic acids is 1. The molecule has 5 nitrogen and oxygen atoms in total. The Morgan fingerprint density at radius 1 is 1.69 bits per heavy atom. The lowest BCUT2D eigenvalue weighted by atomic mass is 9.95. The standard InChI is InChI=1S/C11H17N3O2/c1-13-6-4-12-11(13)14-5-2-3-9(8-14)7-10(15)16/h4,6,9H,2-3,5,7-8H2,1H3,(H,15,16). The van der Waals surface area contributed by atoms with Crippen molar-refractivity contribution < 1.29 is 9.90 Å². The number of nitrogens with zero attached hydrogens (tertiary/aromatic N) is 3. The smallest absolute Gasteiger partial charge is 0.303 e. The summed E-state index contributed by atoms with van der Waals surface area (Å²) in [4.78, 5) is 17.2. The average Bonchev–Trinajstić information content (AvgIpc) is 2.64. The summed E-state index contributed by atoms with van der Waals surface area (Å²) in [5, 5.41) is 8.80. The van der Waals surface area contributed by atoms with Crippen LogP contribution in [0.3, 0.4) is 0 Å². The molecule has 0 aliphatic carbocycles. The second kappa shape index (κ2) is 4.55. The largest absolute Gasteiger partial charge is 0.481 e. The summed E-state index contributed by atoms with van der Waals surface area (Å²) in [6, 6.07) is 0. The monoisotopic (exact) mass is 223 g/mol. The third-order valence-electron chi connectivity index (χ3n) is 3.06. The fraction of sp³-hybridized carbons (Fsp3) is 0.636. The molecule has 1 aliphatic rings. The van der Waals surface area contributed by atoms with E-state index in [4.69, 9.17) is 5.11 Å². The van der Waals surface area contributed by atoms with Crippen LogP contribution in [-0.4, -0.2) is 33.7 Å². The molecule has 0 radical (unpaired) electrons. The lowest BCUT2D eigenvalue weighted by Gasteiger charge is -2.32. The summed E-state index contributed by atoms with van der Waals surface area (Å²) < 4.78 is 1.98. The molecule has 88 valence electrons. The molecule has 0 amide bonds. The van der Waals surface area contributed by atoms with Crippen LogP contribution in [0.2, 0.25) is 0 Å². The molecule has 16 heavy (non-hydrogen) atoms. The van der Waals surface area contributed by atoms with Gasteiger partial charge in [0.1, 0.15) is 0 Å². The number of carboxylic acid groups (broad SMARTS) is 1. The van der Waals surface area contributed by atoms with Gasteiger partial charge >= 0.3 is 5.97 Å². The fourth-order valence-electron chi connectivity index (χ4n) is 2.32. The van der Waals surface area contributed by atoms with Crippen molar-refractivity contribution in [1.29, 1.82) is 0 Å².